The van der Waals surface area contributed by atoms with Crippen LogP contribution in [0, 0.1) is 6.20 Å². The van der Waals surface area contributed by atoms with Gasteiger partial charge in [0.25, 0.3) is 0 Å². The molecule has 0 saturated heterocycles. The van der Waals surface area contributed by atoms with Crippen LogP contribution in [-0.2, 0) is 13.0 Å². The molecule has 0 saturated carbocycles. The summed E-state index contributed by atoms with van der Waals surface area (Å²) in [6.07, 6.45) is 8.08. The first kappa shape index (κ1) is 12.8. The average Bonchev–Trinajstić information content (AvgIpc) is 2.93. The van der Waals surface area contributed by atoms with Crippen molar-refractivity contribution in [2.75, 3.05) is 0 Å². The van der Waals surface area contributed by atoms with Crippen molar-refractivity contribution in [3.05, 3.63) is 54.2 Å². The van der Waals surface area contributed by atoms with Gasteiger partial charge in [-0.1, -0.05) is 43.7 Å². The lowest BCUT2D eigenvalue weighted by Gasteiger charge is -2.13. The van der Waals surface area contributed by atoms with Crippen LogP contribution in [0.4, 0.5) is 0 Å². The van der Waals surface area contributed by atoms with E-state index in [2.05, 4.69) is 56.9 Å². The number of benzene rings is 1. The van der Waals surface area contributed by atoms with E-state index in [1.807, 2.05) is 6.07 Å². The first-order chi connectivity index (χ1) is 9.86. The molecule has 3 rings (SSSR count). The van der Waals surface area contributed by atoms with Crippen molar-refractivity contribution in [3.8, 4) is 11.5 Å². The van der Waals surface area contributed by atoms with Crippen LogP contribution in [0.15, 0.2) is 36.7 Å². The molecule has 4 nitrogen and oxygen atoms in total. The molecular weight excluding hydrogens is 248 g/mol. The van der Waals surface area contributed by atoms with E-state index in [9.17, 15) is 0 Å². The molecule has 4 heteroatoms. The third-order valence-corrected chi connectivity index (χ3v) is 3.30. The van der Waals surface area contributed by atoms with Gasteiger partial charge in [-0.25, -0.2) is 15.0 Å². The predicted octanol–water partition coefficient (Wildman–Crippen LogP) is 2.97. The normalized spacial score (nSPS) is 11.1. The molecule has 0 atom stereocenters. The zero-order valence-electron chi connectivity index (χ0n) is 11.6. The summed E-state index contributed by atoms with van der Waals surface area (Å²) in [7, 11) is 0. The number of hydrogen-bond donors (Lipinski definition) is 0. The molecule has 0 fully saturated rings. The fourth-order valence-corrected chi connectivity index (χ4v) is 2.22. The SMILES string of the molecule is CCCCc1nc2ncnc-2[c]n1Cc1ccccc1. The second-order valence-electron chi connectivity index (χ2n) is 4.86. The Hall–Kier alpha value is -2.23. The molecule has 1 aromatic carbocycles. The molecule has 0 aliphatic carbocycles. The van der Waals surface area contributed by atoms with Gasteiger partial charge >= 0.3 is 0 Å². The zero-order chi connectivity index (χ0) is 13.8. The molecule has 101 valence electrons. The maximum Gasteiger partial charge on any atom is 0.183 e. The van der Waals surface area contributed by atoms with Gasteiger partial charge in [0, 0.05) is 13.0 Å². The molecular formula is C16H17N4. The molecule has 2 heterocycles. The largest absolute Gasteiger partial charge is 0.322 e. The minimum absolute atomic E-state index is 0.695. The molecule has 0 unspecified atom stereocenters. The van der Waals surface area contributed by atoms with Gasteiger partial charge in [0.05, 0.1) is 6.20 Å². The van der Waals surface area contributed by atoms with Crippen molar-refractivity contribution in [1.29, 1.82) is 0 Å². The van der Waals surface area contributed by atoms with Gasteiger partial charge in [-0.05, 0) is 12.0 Å². The maximum absolute atomic E-state index is 4.63. The predicted molar refractivity (Wildman–Crippen MR) is 77.4 cm³/mol. The second kappa shape index (κ2) is 5.82. The number of aromatic nitrogens is 4. The molecule has 0 spiro atoms. The third kappa shape index (κ3) is 2.69. The van der Waals surface area contributed by atoms with Crippen LogP contribution in [0.1, 0.15) is 31.2 Å². The van der Waals surface area contributed by atoms with Gasteiger partial charge < -0.3 is 4.57 Å². The number of imidazole rings is 1. The third-order valence-electron chi connectivity index (χ3n) is 3.30. The Kier molecular flexibility index (Phi) is 3.72. The van der Waals surface area contributed by atoms with Gasteiger partial charge in [-0.15, -0.1) is 0 Å². The standard InChI is InChI=1S/C16H17N4/c1-2-3-9-15-19-16-14(17-12-18-16)11-20(15)10-13-7-5-4-6-8-13/h4-8,12H,2-3,9-10H2,1H3. The van der Waals surface area contributed by atoms with E-state index >= 15 is 0 Å². The number of fused-ring (bicyclic) bond motifs is 1. The summed E-state index contributed by atoms with van der Waals surface area (Å²) in [5, 5.41) is 0. The minimum atomic E-state index is 0.695. The van der Waals surface area contributed by atoms with E-state index < -0.39 is 0 Å². The maximum atomic E-state index is 4.63. The average molecular weight is 265 g/mol. The van der Waals surface area contributed by atoms with Crippen molar-refractivity contribution in [1.82, 2.24) is 19.5 Å². The minimum Gasteiger partial charge on any atom is -0.322 e. The van der Waals surface area contributed by atoms with E-state index in [0.29, 0.717) is 5.82 Å². The molecule has 0 aromatic heterocycles. The van der Waals surface area contributed by atoms with Crippen molar-refractivity contribution in [2.45, 2.75) is 32.7 Å². The number of rotatable bonds is 5. The van der Waals surface area contributed by atoms with Crippen LogP contribution in [-0.4, -0.2) is 19.5 Å². The van der Waals surface area contributed by atoms with E-state index in [4.69, 9.17) is 0 Å². The molecule has 0 bridgehead atoms. The molecule has 0 N–H and O–H groups in total. The topological polar surface area (TPSA) is 43.6 Å². The Bertz CT molecular complexity index is 645. The van der Waals surface area contributed by atoms with Crippen LogP contribution in [0.5, 0.6) is 0 Å². The van der Waals surface area contributed by atoms with Crippen LogP contribution >= 0.6 is 0 Å². The van der Waals surface area contributed by atoms with E-state index in [0.717, 1.165) is 37.3 Å². The first-order valence-electron chi connectivity index (χ1n) is 7.00. The fourth-order valence-electron chi connectivity index (χ4n) is 2.22. The Morgan fingerprint density at radius 3 is 2.80 bits per heavy atom. The van der Waals surface area contributed by atoms with Crippen molar-refractivity contribution >= 4 is 0 Å². The van der Waals surface area contributed by atoms with Crippen molar-refractivity contribution in [2.24, 2.45) is 0 Å². The highest BCUT2D eigenvalue weighted by Gasteiger charge is 2.13. The van der Waals surface area contributed by atoms with Crippen molar-refractivity contribution in [3.63, 3.8) is 0 Å². The summed E-state index contributed by atoms with van der Waals surface area (Å²) in [4.78, 5) is 13.0. The molecule has 1 aromatic rings. The highest BCUT2D eigenvalue weighted by molar-refractivity contribution is 5.47. The Balaban J connectivity index is 1.96. The van der Waals surface area contributed by atoms with E-state index in [1.54, 1.807) is 6.33 Å². The van der Waals surface area contributed by atoms with Gasteiger partial charge in [0.2, 0.25) is 0 Å². The van der Waals surface area contributed by atoms with Gasteiger partial charge in [-0.2, -0.15) is 0 Å². The Morgan fingerprint density at radius 2 is 2.00 bits per heavy atom. The van der Waals surface area contributed by atoms with Crippen molar-refractivity contribution < 1.29 is 0 Å². The van der Waals surface area contributed by atoms with Crippen LogP contribution in [0.25, 0.3) is 11.5 Å². The lowest BCUT2D eigenvalue weighted by atomic mass is 10.2. The monoisotopic (exact) mass is 265 g/mol. The Morgan fingerprint density at radius 1 is 1.15 bits per heavy atom. The molecule has 1 radical (unpaired) electrons. The molecule has 2 aliphatic rings. The number of nitrogens with zero attached hydrogens (tertiary/aromatic N) is 4. The first-order valence-corrected chi connectivity index (χ1v) is 7.00. The smallest absolute Gasteiger partial charge is 0.183 e. The van der Waals surface area contributed by atoms with Gasteiger partial charge in [0.15, 0.2) is 5.82 Å². The van der Waals surface area contributed by atoms with Crippen LogP contribution < -0.4 is 0 Å². The highest BCUT2D eigenvalue weighted by atomic mass is 15.1. The fraction of sp³-hybridized carbons (Fsp3) is 0.312. The van der Waals surface area contributed by atoms with Gasteiger partial charge in [0.1, 0.15) is 17.8 Å². The summed E-state index contributed by atoms with van der Waals surface area (Å²) >= 11 is 0. The second-order valence-corrected chi connectivity index (χ2v) is 4.86. The quantitative estimate of drug-likeness (QED) is 0.712. The number of hydrogen-bond acceptors (Lipinski definition) is 3. The lowest BCUT2D eigenvalue weighted by Crippen LogP contribution is -2.12. The Labute approximate surface area is 118 Å². The van der Waals surface area contributed by atoms with E-state index in [-0.39, 0.29) is 0 Å². The van der Waals surface area contributed by atoms with Gasteiger partial charge in [-0.3, -0.25) is 0 Å². The molecule has 0 amide bonds. The van der Waals surface area contributed by atoms with Crippen LogP contribution in [0.3, 0.4) is 0 Å². The zero-order valence-corrected chi connectivity index (χ0v) is 11.6. The number of unbranched alkanes of at least 4 members (excludes halogenated alkanes) is 1. The number of aryl methyl sites for hydroxylation is 1. The lowest BCUT2D eigenvalue weighted by molar-refractivity contribution is 0.649. The summed E-state index contributed by atoms with van der Waals surface area (Å²) in [5.41, 5.74) is 1.98. The summed E-state index contributed by atoms with van der Waals surface area (Å²) in [6.45, 7) is 2.96. The molecule has 20 heavy (non-hydrogen) atoms. The molecule has 2 aliphatic heterocycles. The van der Waals surface area contributed by atoms with Crippen LogP contribution in [0.2, 0.25) is 0 Å². The summed E-state index contributed by atoms with van der Waals surface area (Å²) in [6, 6.07) is 10.4. The van der Waals surface area contributed by atoms with E-state index in [1.165, 1.54) is 5.56 Å². The highest BCUT2D eigenvalue weighted by Crippen LogP contribution is 2.16. The summed E-state index contributed by atoms with van der Waals surface area (Å²) < 4.78 is 2.07. The summed E-state index contributed by atoms with van der Waals surface area (Å²) in [5.74, 6) is 1.73.